The van der Waals surface area contributed by atoms with Gasteiger partial charge in [0, 0.05) is 9.37 Å². The summed E-state index contributed by atoms with van der Waals surface area (Å²) in [7, 11) is 0. The Kier molecular flexibility index (Phi) is 7.25. The number of halogens is 5. The van der Waals surface area contributed by atoms with Crippen LogP contribution in [0.4, 0.5) is 23.2 Å². The van der Waals surface area contributed by atoms with Crippen molar-refractivity contribution >= 4 is 45.1 Å². The smallest absolute Gasteiger partial charge is 0.505 e. The highest BCUT2D eigenvalue weighted by Crippen LogP contribution is 2.33. The molecule has 0 radical (unpaired) electrons. The van der Waals surface area contributed by atoms with Crippen LogP contribution in [0.5, 0.6) is 5.75 Å². The largest absolute Gasteiger partial charge is 0.573 e. The van der Waals surface area contributed by atoms with Crippen molar-refractivity contribution in [2.24, 2.45) is 10.2 Å². The lowest BCUT2D eigenvalue weighted by Crippen LogP contribution is -2.16. The molecule has 0 fully saturated rings. The molecule has 0 heterocycles. The maximum absolute atomic E-state index is 14.3. The number of aliphatic hydroxyl groups is 1. The molecular formula is C17H11BrF4N2O4S. The molecule has 29 heavy (non-hydrogen) atoms. The molecule has 2 rings (SSSR count). The number of nitrogens with zero attached hydrogens (tertiary/aromatic N) is 2. The van der Waals surface area contributed by atoms with Crippen LogP contribution in [0.25, 0.3) is 5.76 Å². The Morgan fingerprint density at radius 1 is 1.17 bits per heavy atom. The maximum Gasteiger partial charge on any atom is 0.573 e. The number of rotatable bonds is 6. The number of ether oxygens (including phenoxy) is 1. The minimum Gasteiger partial charge on any atom is -0.505 e. The number of benzene rings is 2. The minimum atomic E-state index is -4.86. The van der Waals surface area contributed by atoms with Crippen molar-refractivity contribution < 1.29 is 37.3 Å². The average molecular weight is 495 g/mol. The molecule has 6 nitrogen and oxygen atoms in total. The van der Waals surface area contributed by atoms with Crippen LogP contribution in [0.3, 0.4) is 0 Å². The van der Waals surface area contributed by atoms with Gasteiger partial charge in [-0.15, -0.1) is 30.0 Å². The van der Waals surface area contributed by atoms with Gasteiger partial charge in [-0.2, -0.15) is 5.11 Å². The summed E-state index contributed by atoms with van der Waals surface area (Å²) in [6.45, 7) is 0. The molecule has 0 saturated carbocycles. The highest BCUT2D eigenvalue weighted by atomic mass is 79.9. The molecule has 0 saturated heterocycles. The van der Waals surface area contributed by atoms with Gasteiger partial charge in [0.05, 0.1) is 11.3 Å². The first kappa shape index (κ1) is 22.7. The number of carboxylic acid groups (broad SMARTS) is 1. The number of thioether (sulfide) groups is 1. The van der Waals surface area contributed by atoms with Crippen molar-refractivity contribution in [3.63, 3.8) is 0 Å². The molecule has 12 heteroatoms. The number of azo groups is 1. The van der Waals surface area contributed by atoms with E-state index in [1.807, 2.05) is 0 Å². The first-order chi connectivity index (χ1) is 13.5. The number of alkyl halides is 3. The highest BCUT2D eigenvalue weighted by Gasteiger charge is 2.31. The third-order valence-corrected chi connectivity index (χ3v) is 4.46. The molecule has 2 N–H and O–H groups in total. The van der Waals surface area contributed by atoms with Gasteiger partial charge < -0.3 is 14.9 Å². The van der Waals surface area contributed by atoms with E-state index < -0.39 is 35.4 Å². The van der Waals surface area contributed by atoms with Crippen LogP contribution < -0.4 is 4.74 Å². The van der Waals surface area contributed by atoms with E-state index in [1.165, 1.54) is 6.07 Å². The van der Waals surface area contributed by atoms with E-state index in [9.17, 15) is 32.6 Å². The molecule has 0 amide bonds. The van der Waals surface area contributed by atoms with Crippen LogP contribution in [0, 0.1) is 5.82 Å². The Morgan fingerprint density at radius 2 is 1.79 bits per heavy atom. The predicted molar refractivity (Wildman–Crippen MR) is 101 cm³/mol. The Labute approximate surface area is 174 Å². The van der Waals surface area contributed by atoms with Gasteiger partial charge >= 0.3 is 12.3 Å². The number of aliphatic carboxylic acids is 1. The summed E-state index contributed by atoms with van der Waals surface area (Å²) < 4.78 is 54.9. The minimum absolute atomic E-state index is 0.0209. The molecule has 0 unspecified atom stereocenters. The second kappa shape index (κ2) is 9.27. The monoisotopic (exact) mass is 494 g/mol. The van der Waals surface area contributed by atoms with Gasteiger partial charge in [-0.3, -0.25) is 0 Å². The highest BCUT2D eigenvalue weighted by molar-refractivity contribution is 9.10. The number of hydrogen-bond acceptors (Lipinski definition) is 6. The van der Waals surface area contributed by atoms with E-state index in [4.69, 9.17) is 0 Å². The van der Waals surface area contributed by atoms with E-state index in [0.717, 1.165) is 42.1 Å². The van der Waals surface area contributed by atoms with Crippen LogP contribution >= 0.6 is 27.7 Å². The number of carbonyl (C=O) groups is 1. The molecule has 0 aliphatic carbocycles. The lowest BCUT2D eigenvalue weighted by molar-refractivity contribution is -0.274. The number of hydrogen-bond donors (Lipinski definition) is 2. The zero-order valence-electron chi connectivity index (χ0n) is 14.4. The molecule has 0 aliphatic heterocycles. The fourth-order valence-electron chi connectivity index (χ4n) is 2.07. The SMILES string of the molecule is CSc1cc(Br)cc(F)c1C(O)=C(N=Nc1ccc(OC(F)(F)F)cc1)C(=O)O. The fourth-order valence-corrected chi connectivity index (χ4v) is 3.30. The van der Waals surface area contributed by atoms with Crippen LogP contribution in [0.2, 0.25) is 0 Å². The van der Waals surface area contributed by atoms with Gasteiger partial charge in [-0.1, -0.05) is 15.9 Å². The zero-order chi connectivity index (χ0) is 21.8. The third-order valence-electron chi connectivity index (χ3n) is 3.24. The molecule has 0 bridgehead atoms. The van der Waals surface area contributed by atoms with Gasteiger partial charge in [0.25, 0.3) is 0 Å². The normalized spacial score (nSPS) is 12.8. The average Bonchev–Trinajstić information content (AvgIpc) is 2.60. The summed E-state index contributed by atoms with van der Waals surface area (Å²) in [5, 5.41) is 26.6. The Hall–Kier alpha value is -2.60. The van der Waals surface area contributed by atoms with E-state index in [2.05, 4.69) is 30.9 Å². The topological polar surface area (TPSA) is 91.5 Å². The molecule has 154 valence electrons. The molecule has 0 aromatic heterocycles. The van der Waals surface area contributed by atoms with Crippen LogP contribution in [0.15, 0.2) is 61.7 Å². The molecule has 0 aliphatic rings. The summed E-state index contributed by atoms with van der Waals surface area (Å²) >= 11 is 4.16. The molecule has 2 aromatic rings. The Morgan fingerprint density at radius 3 is 2.31 bits per heavy atom. The van der Waals surface area contributed by atoms with Crippen LogP contribution in [-0.4, -0.2) is 28.8 Å². The predicted octanol–water partition coefficient (Wildman–Crippen LogP) is 6.30. The van der Waals surface area contributed by atoms with E-state index in [-0.39, 0.29) is 16.1 Å². The van der Waals surface area contributed by atoms with Crippen molar-refractivity contribution in [2.45, 2.75) is 11.3 Å². The summed E-state index contributed by atoms with van der Waals surface area (Å²) in [5.41, 5.74) is -1.34. The fraction of sp³-hybridized carbons (Fsp3) is 0.118. The summed E-state index contributed by atoms with van der Waals surface area (Å²) in [6.07, 6.45) is -3.26. The lowest BCUT2D eigenvalue weighted by Gasteiger charge is -2.10. The van der Waals surface area contributed by atoms with Gasteiger partial charge in [0.1, 0.15) is 11.6 Å². The van der Waals surface area contributed by atoms with Crippen molar-refractivity contribution in [3.8, 4) is 5.75 Å². The first-order valence-corrected chi connectivity index (χ1v) is 9.51. The molecular weight excluding hydrogens is 484 g/mol. The van der Waals surface area contributed by atoms with Crippen molar-refractivity contribution in [2.75, 3.05) is 6.26 Å². The van der Waals surface area contributed by atoms with Gasteiger partial charge in [0.2, 0.25) is 5.70 Å². The van der Waals surface area contributed by atoms with E-state index >= 15 is 0 Å². The summed E-state index contributed by atoms with van der Waals surface area (Å²) in [4.78, 5) is 11.7. The zero-order valence-corrected chi connectivity index (χ0v) is 16.8. The summed E-state index contributed by atoms with van der Waals surface area (Å²) in [5.74, 6) is -4.02. The van der Waals surface area contributed by atoms with Gasteiger partial charge in [-0.05, 0) is 42.7 Å². The van der Waals surface area contributed by atoms with Crippen LogP contribution in [0.1, 0.15) is 5.56 Å². The second-order valence-electron chi connectivity index (χ2n) is 5.21. The summed E-state index contributed by atoms with van der Waals surface area (Å²) in [6, 6.07) is 6.61. The molecule has 0 spiro atoms. The Bertz CT molecular complexity index is 979. The maximum atomic E-state index is 14.3. The lowest BCUT2D eigenvalue weighted by atomic mass is 10.1. The first-order valence-electron chi connectivity index (χ1n) is 7.49. The molecule has 2 aromatic carbocycles. The third kappa shape index (κ3) is 6.19. The standard InChI is InChI=1S/C17H11BrF4N2O4S/c1-29-12-7-8(18)6-11(19)13(12)15(25)14(16(26)27)24-23-9-2-4-10(5-3-9)28-17(20,21)22/h2-7,25H,1H3,(H,26,27). The van der Waals surface area contributed by atoms with Gasteiger partial charge in [-0.25, -0.2) is 9.18 Å². The number of aliphatic hydroxyl groups excluding tert-OH is 1. The van der Waals surface area contributed by atoms with Crippen molar-refractivity contribution in [1.82, 2.24) is 0 Å². The van der Waals surface area contributed by atoms with Crippen molar-refractivity contribution in [1.29, 1.82) is 0 Å². The Balaban J connectivity index is 2.41. The van der Waals surface area contributed by atoms with Gasteiger partial charge in [0.15, 0.2) is 5.76 Å². The van der Waals surface area contributed by atoms with Crippen molar-refractivity contribution in [3.05, 3.63) is 57.9 Å². The van der Waals surface area contributed by atoms with Crippen LogP contribution in [-0.2, 0) is 4.79 Å². The quantitative estimate of drug-likeness (QED) is 0.161. The van der Waals surface area contributed by atoms with E-state index in [1.54, 1.807) is 6.26 Å². The number of carboxylic acids is 1. The molecule has 0 atom stereocenters. The van der Waals surface area contributed by atoms with E-state index in [0.29, 0.717) is 4.47 Å². The second-order valence-corrected chi connectivity index (χ2v) is 6.97.